The van der Waals surface area contributed by atoms with Crippen LogP contribution in [0.5, 0.6) is 0 Å². The molecule has 1 heterocycles. The van der Waals surface area contributed by atoms with E-state index < -0.39 is 15.7 Å². The first-order valence-electron chi connectivity index (χ1n) is 4.95. The van der Waals surface area contributed by atoms with E-state index in [1.165, 1.54) is 12.1 Å². The molecule has 1 aromatic rings. The third-order valence-electron chi connectivity index (χ3n) is 2.57. The molecule has 2 unspecified atom stereocenters. The van der Waals surface area contributed by atoms with Gasteiger partial charge in [-0.2, -0.15) is 0 Å². The molecule has 16 heavy (non-hydrogen) atoms. The number of benzene rings is 1. The number of hydrogen-bond donors (Lipinski definition) is 0. The Morgan fingerprint density at radius 2 is 1.94 bits per heavy atom. The SMILES string of the molecule is O=[N+]([O-])c1ccc(C2CC=CCS2=O)cc1. The van der Waals surface area contributed by atoms with E-state index in [0.29, 0.717) is 5.75 Å². The van der Waals surface area contributed by atoms with Crippen molar-refractivity contribution < 1.29 is 9.13 Å². The van der Waals surface area contributed by atoms with Crippen LogP contribution in [-0.2, 0) is 10.8 Å². The minimum absolute atomic E-state index is 0.0224. The Balaban J connectivity index is 2.24. The molecule has 0 amide bonds. The van der Waals surface area contributed by atoms with E-state index in [0.717, 1.165) is 12.0 Å². The normalized spacial score (nSPS) is 24.2. The van der Waals surface area contributed by atoms with Crippen LogP contribution in [0.25, 0.3) is 0 Å². The van der Waals surface area contributed by atoms with Crippen LogP contribution in [0.3, 0.4) is 0 Å². The molecule has 0 N–H and O–H groups in total. The lowest BCUT2D eigenvalue weighted by atomic mass is 10.1. The standard InChI is InChI=1S/C11H11NO3S/c13-12(14)10-6-4-9(5-7-10)11-3-1-2-8-16(11)15/h1-2,4-7,11H,3,8H2. The molecular formula is C11H11NO3S. The molecule has 1 aromatic carbocycles. The highest BCUT2D eigenvalue weighted by Crippen LogP contribution is 2.28. The number of nitro benzene ring substituents is 1. The van der Waals surface area contributed by atoms with Crippen molar-refractivity contribution in [3.8, 4) is 0 Å². The van der Waals surface area contributed by atoms with Crippen LogP contribution < -0.4 is 0 Å². The Morgan fingerprint density at radius 1 is 1.25 bits per heavy atom. The van der Waals surface area contributed by atoms with Crippen molar-refractivity contribution in [1.82, 2.24) is 0 Å². The van der Waals surface area contributed by atoms with E-state index in [2.05, 4.69) is 0 Å². The second-order valence-electron chi connectivity index (χ2n) is 3.59. The van der Waals surface area contributed by atoms with Crippen molar-refractivity contribution in [1.29, 1.82) is 0 Å². The van der Waals surface area contributed by atoms with Gasteiger partial charge in [-0.05, 0) is 12.0 Å². The largest absolute Gasteiger partial charge is 0.269 e. The van der Waals surface area contributed by atoms with E-state index in [-0.39, 0.29) is 10.9 Å². The van der Waals surface area contributed by atoms with Crippen molar-refractivity contribution in [2.75, 3.05) is 5.75 Å². The van der Waals surface area contributed by atoms with Crippen LogP contribution in [0, 0.1) is 10.1 Å². The van der Waals surface area contributed by atoms with Gasteiger partial charge >= 0.3 is 0 Å². The molecule has 2 atom stereocenters. The second-order valence-corrected chi connectivity index (χ2v) is 5.26. The maximum Gasteiger partial charge on any atom is 0.269 e. The molecule has 1 aliphatic rings. The van der Waals surface area contributed by atoms with Crippen molar-refractivity contribution in [2.45, 2.75) is 11.7 Å². The lowest BCUT2D eigenvalue weighted by molar-refractivity contribution is -0.384. The topological polar surface area (TPSA) is 60.2 Å². The molecule has 0 fully saturated rings. The minimum Gasteiger partial charge on any atom is -0.259 e. The van der Waals surface area contributed by atoms with E-state index in [4.69, 9.17) is 0 Å². The summed E-state index contributed by atoms with van der Waals surface area (Å²) in [5.74, 6) is 0.571. The number of allylic oxidation sites excluding steroid dienone is 1. The van der Waals surface area contributed by atoms with Gasteiger partial charge in [-0.3, -0.25) is 14.3 Å². The number of non-ortho nitro benzene ring substituents is 1. The van der Waals surface area contributed by atoms with Gasteiger partial charge in [0.05, 0.1) is 10.2 Å². The van der Waals surface area contributed by atoms with Crippen molar-refractivity contribution in [3.05, 3.63) is 52.1 Å². The number of nitrogens with zero attached hydrogens (tertiary/aromatic N) is 1. The summed E-state index contributed by atoms with van der Waals surface area (Å²) >= 11 is 0. The van der Waals surface area contributed by atoms with Crippen molar-refractivity contribution in [3.63, 3.8) is 0 Å². The number of hydrogen-bond acceptors (Lipinski definition) is 3. The number of rotatable bonds is 2. The summed E-state index contributed by atoms with van der Waals surface area (Å²) in [6.07, 6.45) is 4.66. The molecule has 0 spiro atoms. The predicted octanol–water partition coefficient (Wildman–Crippen LogP) is 2.34. The molecule has 0 saturated carbocycles. The van der Waals surface area contributed by atoms with E-state index >= 15 is 0 Å². The van der Waals surface area contributed by atoms with Crippen LogP contribution in [0.4, 0.5) is 5.69 Å². The third-order valence-corrected chi connectivity index (χ3v) is 4.19. The molecule has 0 aliphatic carbocycles. The predicted molar refractivity (Wildman–Crippen MR) is 62.6 cm³/mol. The van der Waals surface area contributed by atoms with Gasteiger partial charge in [0.2, 0.25) is 0 Å². The molecule has 5 heteroatoms. The summed E-state index contributed by atoms with van der Waals surface area (Å²) in [7, 11) is -0.903. The minimum atomic E-state index is -0.903. The molecule has 2 rings (SSSR count). The zero-order chi connectivity index (χ0) is 11.5. The highest BCUT2D eigenvalue weighted by molar-refractivity contribution is 7.85. The summed E-state index contributed by atoms with van der Waals surface area (Å²) in [5, 5.41) is 10.5. The molecule has 84 valence electrons. The first-order chi connectivity index (χ1) is 7.68. The van der Waals surface area contributed by atoms with Crippen LogP contribution in [0.2, 0.25) is 0 Å². The maximum absolute atomic E-state index is 11.7. The zero-order valence-corrected chi connectivity index (χ0v) is 9.35. The lowest BCUT2D eigenvalue weighted by Gasteiger charge is -2.17. The molecule has 1 aliphatic heterocycles. The Bertz CT molecular complexity index is 453. The molecule has 0 aromatic heterocycles. The van der Waals surface area contributed by atoms with Gasteiger partial charge in [0.15, 0.2) is 0 Å². The Hall–Kier alpha value is -1.49. The maximum atomic E-state index is 11.7. The lowest BCUT2D eigenvalue weighted by Crippen LogP contribution is -2.11. The molecule has 0 bridgehead atoms. The molecule has 0 radical (unpaired) electrons. The van der Waals surface area contributed by atoms with Crippen LogP contribution in [0.15, 0.2) is 36.4 Å². The smallest absolute Gasteiger partial charge is 0.259 e. The van der Waals surface area contributed by atoms with Gasteiger partial charge < -0.3 is 0 Å². The number of nitro groups is 1. The average molecular weight is 237 g/mol. The molecule has 0 saturated heterocycles. The summed E-state index contributed by atoms with van der Waals surface area (Å²) in [4.78, 5) is 10.1. The summed E-state index contributed by atoms with van der Waals surface area (Å²) in [6.45, 7) is 0. The van der Waals surface area contributed by atoms with Crippen LogP contribution in [0.1, 0.15) is 17.2 Å². The van der Waals surface area contributed by atoms with Gasteiger partial charge in [0.25, 0.3) is 5.69 Å². The Labute approximate surface area is 95.6 Å². The monoisotopic (exact) mass is 237 g/mol. The van der Waals surface area contributed by atoms with Gasteiger partial charge in [-0.25, -0.2) is 0 Å². The highest BCUT2D eigenvalue weighted by atomic mass is 32.2. The first-order valence-corrected chi connectivity index (χ1v) is 6.33. The summed E-state index contributed by atoms with van der Waals surface area (Å²) in [6, 6.07) is 6.31. The summed E-state index contributed by atoms with van der Waals surface area (Å²) in [5.41, 5.74) is 0.981. The second kappa shape index (κ2) is 4.57. The van der Waals surface area contributed by atoms with Gasteiger partial charge in [-0.15, -0.1) is 0 Å². The molecule has 4 nitrogen and oxygen atoms in total. The fourth-order valence-corrected chi connectivity index (χ4v) is 3.05. The fourth-order valence-electron chi connectivity index (χ4n) is 1.70. The fraction of sp³-hybridized carbons (Fsp3) is 0.273. The molecular weight excluding hydrogens is 226 g/mol. The average Bonchev–Trinajstić information content (AvgIpc) is 2.30. The summed E-state index contributed by atoms with van der Waals surface area (Å²) < 4.78 is 11.7. The third kappa shape index (κ3) is 2.19. The van der Waals surface area contributed by atoms with Crippen molar-refractivity contribution in [2.24, 2.45) is 0 Å². The van der Waals surface area contributed by atoms with E-state index in [9.17, 15) is 14.3 Å². The highest BCUT2D eigenvalue weighted by Gasteiger charge is 2.20. The van der Waals surface area contributed by atoms with Gasteiger partial charge in [0, 0.05) is 28.7 Å². The van der Waals surface area contributed by atoms with Gasteiger partial charge in [0.1, 0.15) is 0 Å². The van der Waals surface area contributed by atoms with Crippen LogP contribution >= 0.6 is 0 Å². The first kappa shape index (κ1) is 11.0. The Kier molecular flexibility index (Phi) is 3.14. The van der Waals surface area contributed by atoms with Crippen LogP contribution in [-0.4, -0.2) is 14.9 Å². The van der Waals surface area contributed by atoms with Crippen molar-refractivity contribution >= 4 is 16.5 Å². The van der Waals surface area contributed by atoms with E-state index in [1.807, 2.05) is 12.2 Å². The Morgan fingerprint density at radius 3 is 2.50 bits per heavy atom. The van der Waals surface area contributed by atoms with Gasteiger partial charge in [-0.1, -0.05) is 24.3 Å². The van der Waals surface area contributed by atoms with E-state index in [1.54, 1.807) is 12.1 Å². The zero-order valence-electron chi connectivity index (χ0n) is 8.54. The quantitative estimate of drug-likeness (QED) is 0.450.